The van der Waals surface area contributed by atoms with Crippen molar-refractivity contribution in [2.24, 2.45) is 65.0 Å². The Labute approximate surface area is 719 Å². The van der Waals surface area contributed by atoms with Crippen LogP contribution < -0.4 is 0 Å². The number of ether oxygens (including phenoxy) is 9. The minimum absolute atomic E-state index is 0.232. The van der Waals surface area contributed by atoms with E-state index in [0.29, 0.717) is 170 Å². The van der Waals surface area contributed by atoms with Crippen LogP contribution in [0.1, 0.15) is 455 Å². The SMILES string of the molecule is CC(C)(C)CCCCC(=O)CCCOCCOCCC(C)(C)C.CC(C)(C)CCCCCCC(=O)CCC(C)(C)C.CC(C)(C)CCCCCCC(=O)CCCCC(C)(C)C.CC(C)(C)CCOCCOCC(C)(C)C.CC(C)(C)CCOCCOCCCC(=O)CCC(C)(C)C.CC(C)(C)CCOCCOCCOCC(C)(C)C. The van der Waals surface area contributed by atoms with Gasteiger partial charge in [0.15, 0.2) is 0 Å². The number of hydrogen-bond acceptors (Lipinski definition) is 13. The van der Waals surface area contributed by atoms with E-state index in [0.717, 1.165) is 155 Å². The van der Waals surface area contributed by atoms with Gasteiger partial charge in [0.05, 0.1) is 79.3 Å². The highest BCUT2D eigenvalue weighted by molar-refractivity contribution is 5.79. The molecule has 0 radical (unpaired) electrons. The van der Waals surface area contributed by atoms with Crippen molar-refractivity contribution in [2.45, 2.75) is 455 Å². The maximum atomic E-state index is 11.8. The standard InChI is InChI=1S/C20H40O3.C19H38O.C18H36O3.C17H34O.C15H32O3.C13H28O2/c1-19(2,3)12-8-7-10-18(21)11-9-14-22-16-17-23-15-13-20(4,5)6;1-18(2,3)15-11-8-7-9-13-17(20)14-10-12-16-19(4,5)6;1-17(2,3)10-9-16(19)8-7-12-20-14-15-21-13-11-18(4,5)6;1-16(2,3)13-10-8-7-9-11-15(18)12-14-17(4,5)6;1-14(2,3)7-8-16-9-10-17-11-12-18-13-15(4,5)6;1-12(2,3)7-8-14-9-10-15-11-13(4,5)6/h7-17H2,1-6H3;7-16H2,1-6H3;7-15H2,1-6H3;7-14H2,1-6H3;7-13H2,1-6H3;7-11H2,1-6H3. The van der Waals surface area contributed by atoms with Crippen molar-refractivity contribution < 1.29 is 61.8 Å². The van der Waals surface area contributed by atoms with Gasteiger partial charge in [-0.15, -0.1) is 0 Å². The van der Waals surface area contributed by atoms with Gasteiger partial charge in [0, 0.05) is 91.0 Å². The lowest BCUT2D eigenvalue weighted by Crippen LogP contribution is -2.17. The molecule has 0 fully saturated rings. The quantitative estimate of drug-likeness (QED) is 0.0532. The van der Waals surface area contributed by atoms with Crippen molar-refractivity contribution in [3.05, 3.63) is 0 Å². The summed E-state index contributed by atoms with van der Waals surface area (Å²) in [5.41, 5.74) is 4.12. The van der Waals surface area contributed by atoms with Crippen LogP contribution in [0.4, 0.5) is 0 Å². The van der Waals surface area contributed by atoms with Crippen LogP contribution in [0.15, 0.2) is 0 Å². The van der Waals surface area contributed by atoms with Crippen LogP contribution in [0.25, 0.3) is 0 Å². The first-order valence-electron chi connectivity index (χ1n) is 46.6. The molecule has 0 heterocycles. The highest BCUT2D eigenvalue weighted by Gasteiger charge is 2.19. The minimum atomic E-state index is 0.232. The zero-order valence-electron chi connectivity index (χ0n) is 84.7. The van der Waals surface area contributed by atoms with Crippen LogP contribution in [0.3, 0.4) is 0 Å². The van der Waals surface area contributed by atoms with Gasteiger partial charge in [-0.2, -0.15) is 0 Å². The van der Waals surface area contributed by atoms with Crippen molar-refractivity contribution in [1.82, 2.24) is 0 Å². The van der Waals surface area contributed by atoms with E-state index in [1.807, 2.05) is 0 Å². The highest BCUT2D eigenvalue weighted by atomic mass is 16.5. The summed E-state index contributed by atoms with van der Waals surface area (Å²) in [4.78, 5) is 46.9. The Bertz CT molecular complexity index is 2140. The summed E-state index contributed by atoms with van der Waals surface area (Å²) in [7, 11) is 0. The molecular formula is C102H208O13. The zero-order chi connectivity index (χ0) is 90.0. The first-order chi connectivity index (χ1) is 52.3. The first kappa shape index (κ1) is 124. The minimum Gasteiger partial charge on any atom is -0.379 e. The lowest BCUT2D eigenvalue weighted by Gasteiger charge is -2.19. The van der Waals surface area contributed by atoms with Crippen LogP contribution in [0.5, 0.6) is 0 Å². The molecule has 13 nitrogen and oxygen atoms in total. The van der Waals surface area contributed by atoms with Crippen molar-refractivity contribution >= 4 is 23.1 Å². The Morgan fingerprint density at radius 2 is 0.296 bits per heavy atom. The second-order valence-electron chi connectivity index (χ2n) is 47.7. The van der Waals surface area contributed by atoms with Gasteiger partial charge in [-0.05, 0) is 168 Å². The van der Waals surface area contributed by atoms with E-state index in [2.05, 4.69) is 249 Å². The normalized spacial score (nSPS) is 12.8. The molecule has 0 aliphatic carbocycles. The molecule has 0 bridgehead atoms. The lowest BCUT2D eigenvalue weighted by atomic mass is 9.88. The summed E-state index contributed by atoms with van der Waals surface area (Å²) in [6, 6.07) is 0. The monoisotopic (exact) mass is 1640 g/mol. The lowest BCUT2D eigenvalue weighted by molar-refractivity contribution is -0.120. The van der Waals surface area contributed by atoms with Crippen LogP contribution >= 0.6 is 0 Å². The summed E-state index contributed by atoms with van der Waals surface area (Å²) in [5.74, 6) is 1.68. The van der Waals surface area contributed by atoms with Crippen LogP contribution in [-0.4, -0.2) is 142 Å². The van der Waals surface area contributed by atoms with Gasteiger partial charge in [0.25, 0.3) is 0 Å². The van der Waals surface area contributed by atoms with E-state index in [4.69, 9.17) is 42.6 Å². The third-order valence-electron chi connectivity index (χ3n) is 18.2. The number of Topliss-reactive ketones (excluding diaryl/α,β-unsaturated/α-hetero) is 4. The third-order valence-corrected chi connectivity index (χ3v) is 18.2. The van der Waals surface area contributed by atoms with Crippen molar-refractivity contribution in [3.8, 4) is 0 Å². The molecule has 0 aromatic rings. The number of ketones is 4. The van der Waals surface area contributed by atoms with E-state index < -0.39 is 0 Å². The van der Waals surface area contributed by atoms with Gasteiger partial charge in [-0.3, -0.25) is 19.2 Å². The molecule has 0 unspecified atom stereocenters. The number of rotatable bonds is 57. The van der Waals surface area contributed by atoms with Gasteiger partial charge >= 0.3 is 0 Å². The second kappa shape index (κ2) is 69.7. The average molecular weight is 1640 g/mol. The number of unbranched alkanes of at least 4 members (excludes halogenated alkanes) is 8. The molecule has 0 amide bonds. The van der Waals surface area contributed by atoms with Gasteiger partial charge < -0.3 is 42.6 Å². The molecule has 0 saturated heterocycles. The summed E-state index contributed by atoms with van der Waals surface area (Å²) in [6.45, 7) is 92.8. The maximum Gasteiger partial charge on any atom is 0.133 e. The molecule has 0 N–H and O–H groups in total. The Balaban J connectivity index is -0.000000311. The molecule has 0 atom stereocenters. The highest BCUT2D eigenvalue weighted by Crippen LogP contribution is 2.29. The molecule has 694 valence electrons. The van der Waals surface area contributed by atoms with Crippen LogP contribution in [0, 0.1) is 65.0 Å². The molecule has 0 spiro atoms. The van der Waals surface area contributed by atoms with E-state index in [1.165, 1.54) is 70.6 Å². The summed E-state index contributed by atoms with van der Waals surface area (Å²) in [6.07, 6.45) is 33.2. The molecule has 0 aromatic carbocycles. The first-order valence-corrected chi connectivity index (χ1v) is 46.6. The van der Waals surface area contributed by atoms with Gasteiger partial charge in [0.1, 0.15) is 23.1 Å². The molecule has 0 aliphatic rings. The molecule has 0 aliphatic heterocycles. The van der Waals surface area contributed by atoms with Crippen molar-refractivity contribution in [1.29, 1.82) is 0 Å². The third kappa shape index (κ3) is 139. The second-order valence-corrected chi connectivity index (χ2v) is 47.7. The van der Waals surface area contributed by atoms with E-state index in [9.17, 15) is 19.2 Å². The summed E-state index contributed by atoms with van der Waals surface area (Å²) >= 11 is 0. The summed E-state index contributed by atoms with van der Waals surface area (Å²) in [5, 5.41) is 0. The topological polar surface area (TPSA) is 151 Å². The fraction of sp³-hybridized carbons (Fsp3) is 0.961. The molecule has 0 rings (SSSR count). The van der Waals surface area contributed by atoms with E-state index in [-0.39, 0.29) is 16.2 Å². The summed E-state index contributed by atoms with van der Waals surface area (Å²) < 4.78 is 49.5. The van der Waals surface area contributed by atoms with Gasteiger partial charge in [0.2, 0.25) is 0 Å². The zero-order valence-corrected chi connectivity index (χ0v) is 84.7. The van der Waals surface area contributed by atoms with Crippen LogP contribution in [-0.2, 0) is 61.8 Å². The van der Waals surface area contributed by atoms with Crippen LogP contribution in [0.2, 0.25) is 0 Å². The van der Waals surface area contributed by atoms with Gasteiger partial charge in [-0.25, -0.2) is 0 Å². The molecule has 0 aromatic heterocycles. The number of carbonyl (C=O) groups is 4. The predicted molar refractivity (Wildman–Crippen MR) is 499 cm³/mol. The number of carbonyl (C=O) groups excluding carboxylic acids is 4. The fourth-order valence-corrected chi connectivity index (χ4v) is 10.5. The Kier molecular flexibility index (Phi) is 75.2. The molecule has 13 heteroatoms. The van der Waals surface area contributed by atoms with Gasteiger partial charge in [-0.1, -0.05) is 301 Å². The Morgan fingerprint density at radius 1 is 0.139 bits per heavy atom. The predicted octanol–water partition coefficient (Wildman–Crippen LogP) is 29.4. The van der Waals surface area contributed by atoms with Crippen molar-refractivity contribution in [3.63, 3.8) is 0 Å². The van der Waals surface area contributed by atoms with Crippen molar-refractivity contribution in [2.75, 3.05) is 119 Å². The van der Waals surface area contributed by atoms with E-state index in [1.54, 1.807) is 0 Å². The molecule has 115 heavy (non-hydrogen) atoms. The van der Waals surface area contributed by atoms with E-state index >= 15 is 0 Å². The average Bonchev–Trinajstić information content (AvgIpc) is 0.987. The maximum absolute atomic E-state index is 11.8. The molecular weight excluding hydrogens is 1430 g/mol. The smallest absolute Gasteiger partial charge is 0.133 e. The fourth-order valence-electron chi connectivity index (χ4n) is 10.5. The largest absolute Gasteiger partial charge is 0.379 e. The number of hydrogen-bond donors (Lipinski definition) is 0. The molecule has 0 saturated carbocycles. The Morgan fingerprint density at radius 3 is 0.504 bits per heavy atom. The Hall–Kier alpha value is -1.68.